The van der Waals surface area contributed by atoms with Gasteiger partial charge in [0.1, 0.15) is 5.75 Å². The third-order valence-corrected chi connectivity index (χ3v) is 6.05. The molecule has 0 spiro atoms. The molecule has 1 atom stereocenters. The highest BCUT2D eigenvalue weighted by Crippen LogP contribution is 2.26. The first-order valence-electron chi connectivity index (χ1n) is 10.5. The van der Waals surface area contributed by atoms with Crippen molar-refractivity contribution in [1.82, 2.24) is 15.1 Å². The van der Waals surface area contributed by atoms with Gasteiger partial charge in [-0.2, -0.15) is 0 Å². The molecule has 28 heavy (non-hydrogen) atoms. The van der Waals surface area contributed by atoms with Gasteiger partial charge in [-0.1, -0.05) is 37.5 Å². The predicted molar refractivity (Wildman–Crippen MR) is 109 cm³/mol. The number of amides is 2. The van der Waals surface area contributed by atoms with E-state index in [1.165, 1.54) is 32.1 Å². The molecule has 1 N–H and O–H groups in total. The molecule has 1 aliphatic heterocycles. The van der Waals surface area contributed by atoms with Crippen molar-refractivity contribution in [3.05, 3.63) is 29.8 Å². The summed E-state index contributed by atoms with van der Waals surface area (Å²) in [5.41, 5.74) is 0.966. The lowest BCUT2D eigenvalue weighted by molar-refractivity contribution is -0.138. The fraction of sp³-hybridized carbons (Fsp3) is 0.636. The summed E-state index contributed by atoms with van der Waals surface area (Å²) in [5, 5.41) is 2.94. The molecule has 1 saturated heterocycles. The van der Waals surface area contributed by atoms with E-state index in [1.54, 1.807) is 19.1 Å². The molecule has 3 rings (SSSR count). The average Bonchev–Trinajstić information content (AvgIpc) is 2.71. The van der Waals surface area contributed by atoms with E-state index >= 15 is 0 Å². The highest BCUT2D eigenvalue weighted by Gasteiger charge is 2.33. The summed E-state index contributed by atoms with van der Waals surface area (Å²) in [5.74, 6) is 1.41. The third kappa shape index (κ3) is 5.25. The molecule has 1 aromatic rings. The molecule has 6 nitrogen and oxygen atoms in total. The molecular formula is C22H33N3O3. The molecule has 1 aromatic carbocycles. The Morgan fingerprint density at radius 2 is 2.00 bits per heavy atom. The van der Waals surface area contributed by atoms with Crippen molar-refractivity contribution in [2.45, 2.75) is 51.1 Å². The third-order valence-electron chi connectivity index (χ3n) is 6.05. The van der Waals surface area contributed by atoms with Crippen LogP contribution in [0.3, 0.4) is 0 Å². The van der Waals surface area contributed by atoms with Crippen LogP contribution in [-0.4, -0.2) is 61.4 Å². The molecule has 2 aliphatic rings. The number of carbonyl (C=O) groups is 2. The lowest BCUT2D eigenvalue weighted by Gasteiger charge is -2.38. The van der Waals surface area contributed by atoms with Gasteiger partial charge in [-0.25, -0.2) is 0 Å². The van der Waals surface area contributed by atoms with E-state index in [2.05, 4.69) is 10.2 Å². The molecule has 1 saturated carbocycles. The number of hydrogen-bond donors (Lipinski definition) is 1. The summed E-state index contributed by atoms with van der Waals surface area (Å²) in [7, 11) is 3.43. The zero-order valence-electron chi connectivity index (χ0n) is 17.2. The normalized spacial score (nSPS) is 21.2. The second-order valence-electron chi connectivity index (χ2n) is 8.07. The van der Waals surface area contributed by atoms with E-state index in [-0.39, 0.29) is 24.3 Å². The van der Waals surface area contributed by atoms with Crippen LogP contribution in [-0.2, 0) is 16.1 Å². The van der Waals surface area contributed by atoms with Crippen LogP contribution in [0.15, 0.2) is 24.3 Å². The summed E-state index contributed by atoms with van der Waals surface area (Å²) < 4.78 is 5.38. The van der Waals surface area contributed by atoms with Crippen LogP contribution < -0.4 is 10.1 Å². The van der Waals surface area contributed by atoms with Crippen molar-refractivity contribution in [3.63, 3.8) is 0 Å². The van der Waals surface area contributed by atoms with Gasteiger partial charge in [0, 0.05) is 38.8 Å². The molecule has 154 valence electrons. The standard InChI is InChI=1S/C22H33N3O3/c1-24(16-18-10-6-7-11-20(18)28-2)21(26)14-19-22(27)23-12-13-25(19)15-17-8-4-3-5-9-17/h6-7,10-11,17,19H,3-5,8-9,12-16H2,1-2H3,(H,23,27)/t19-/m1/s1. The number of ether oxygens (including phenoxy) is 1. The summed E-state index contributed by atoms with van der Waals surface area (Å²) in [4.78, 5) is 29.3. The van der Waals surface area contributed by atoms with Crippen LogP contribution in [0, 0.1) is 5.92 Å². The van der Waals surface area contributed by atoms with Crippen LogP contribution in [0.2, 0.25) is 0 Å². The minimum absolute atomic E-state index is 0.0124. The number of nitrogens with one attached hydrogen (secondary N) is 1. The molecule has 1 aliphatic carbocycles. The van der Waals surface area contributed by atoms with Gasteiger partial charge in [0.2, 0.25) is 11.8 Å². The molecule has 0 unspecified atom stereocenters. The van der Waals surface area contributed by atoms with Crippen LogP contribution in [0.1, 0.15) is 44.1 Å². The fourth-order valence-corrected chi connectivity index (χ4v) is 4.40. The number of carbonyl (C=O) groups excluding carboxylic acids is 2. The average molecular weight is 388 g/mol. The van der Waals surface area contributed by atoms with Gasteiger partial charge < -0.3 is 15.0 Å². The Hall–Kier alpha value is -2.08. The minimum atomic E-state index is -0.358. The van der Waals surface area contributed by atoms with Crippen molar-refractivity contribution in [1.29, 1.82) is 0 Å². The van der Waals surface area contributed by atoms with Crippen molar-refractivity contribution in [3.8, 4) is 5.75 Å². The molecule has 6 heteroatoms. The van der Waals surface area contributed by atoms with Gasteiger partial charge in [0.15, 0.2) is 0 Å². The van der Waals surface area contributed by atoms with Gasteiger partial charge in [0.05, 0.1) is 19.6 Å². The van der Waals surface area contributed by atoms with E-state index in [4.69, 9.17) is 4.74 Å². The molecule has 2 amide bonds. The van der Waals surface area contributed by atoms with E-state index in [0.29, 0.717) is 19.0 Å². The first-order chi connectivity index (χ1) is 13.6. The van der Waals surface area contributed by atoms with Gasteiger partial charge in [-0.05, 0) is 24.8 Å². The first kappa shape index (κ1) is 20.6. The largest absolute Gasteiger partial charge is 0.496 e. The van der Waals surface area contributed by atoms with Crippen LogP contribution in [0.25, 0.3) is 0 Å². The van der Waals surface area contributed by atoms with Crippen molar-refractivity contribution in [2.75, 3.05) is 33.8 Å². The zero-order chi connectivity index (χ0) is 19.9. The van der Waals surface area contributed by atoms with E-state index in [0.717, 1.165) is 24.4 Å². The second kappa shape index (κ2) is 9.92. The maximum atomic E-state index is 12.9. The second-order valence-corrected chi connectivity index (χ2v) is 8.07. The number of benzene rings is 1. The lowest BCUT2D eigenvalue weighted by atomic mass is 9.88. The monoisotopic (exact) mass is 387 g/mol. The summed E-state index contributed by atoms with van der Waals surface area (Å²) in [6, 6.07) is 7.36. The van der Waals surface area contributed by atoms with Crippen LogP contribution in [0.5, 0.6) is 5.75 Å². The number of piperazine rings is 1. The topological polar surface area (TPSA) is 61.9 Å². The Labute approximate surface area is 168 Å². The Morgan fingerprint density at radius 3 is 2.75 bits per heavy atom. The van der Waals surface area contributed by atoms with Crippen molar-refractivity contribution < 1.29 is 14.3 Å². The van der Waals surface area contributed by atoms with E-state index in [1.807, 2.05) is 24.3 Å². The molecule has 2 fully saturated rings. The smallest absolute Gasteiger partial charge is 0.237 e. The minimum Gasteiger partial charge on any atom is -0.496 e. The van der Waals surface area contributed by atoms with Crippen molar-refractivity contribution >= 4 is 11.8 Å². The molecule has 1 heterocycles. The highest BCUT2D eigenvalue weighted by atomic mass is 16.5. The van der Waals surface area contributed by atoms with E-state index in [9.17, 15) is 9.59 Å². The van der Waals surface area contributed by atoms with Gasteiger partial charge in [0.25, 0.3) is 0 Å². The van der Waals surface area contributed by atoms with Gasteiger partial charge >= 0.3 is 0 Å². The summed E-state index contributed by atoms with van der Waals surface area (Å²) >= 11 is 0. The Kier molecular flexibility index (Phi) is 7.31. The Balaban J connectivity index is 1.61. The van der Waals surface area contributed by atoms with Gasteiger partial charge in [-0.15, -0.1) is 0 Å². The number of para-hydroxylation sites is 1. The lowest BCUT2D eigenvalue weighted by Crippen LogP contribution is -2.57. The Morgan fingerprint density at radius 1 is 1.25 bits per heavy atom. The summed E-state index contributed by atoms with van der Waals surface area (Å²) in [6.07, 6.45) is 6.61. The maximum Gasteiger partial charge on any atom is 0.237 e. The molecular weight excluding hydrogens is 354 g/mol. The van der Waals surface area contributed by atoms with E-state index < -0.39 is 0 Å². The Bertz CT molecular complexity index is 673. The molecule has 0 bridgehead atoms. The zero-order valence-corrected chi connectivity index (χ0v) is 17.2. The highest BCUT2D eigenvalue weighted by molar-refractivity contribution is 5.88. The number of methoxy groups -OCH3 is 1. The van der Waals surface area contributed by atoms with Crippen LogP contribution in [0.4, 0.5) is 0 Å². The van der Waals surface area contributed by atoms with Crippen molar-refractivity contribution in [2.24, 2.45) is 5.92 Å². The first-order valence-corrected chi connectivity index (χ1v) is 10.5. The maximum absolute atomic E-state index is 12.9. The van der Waals surface area contributed by atoms with Gasteiger partial charge in [-0.3, -0.25) is 14.5 Å². The van der Waals surface area contributed by atoms with Crippen LogP contribution >= 0.6 is 0 Å². The summed E-state index contributed by atoms with van der Waals surface area (Å²) in [6.45, 7) is 2.91. The molecule has 0 radical (unpaired) electrons. The predicted octanol–water partition coefficient (Wildman–Crippen LogP) is 2.42. The molecule has 0 aromatic heterocycles. The number of hydrogen-bond acceptors (Lipinski definition) is 4. The quantitative estimate of drug-likeness (QED) is 0.781. The SMILES string of the molecule is COc1ccccc1CN(C)C(=O)C[C@@H]1C(=O)NCCN1CC1CCCCC1. The fourth-order valence-electron chi connectivity index (χ4n) is 4.40. The number of nitrogens with zero attached hydrogens (tertiary/aromatic N) is 2. The number of rotatable bonds is 7.